The molecule has 0 aliphatic rings. The minimum absolute atomic E-state index is 0.0651. The molecular formula is C13H13ClN2O2. The molecule has 5 heteroatoms. The summed E-state index contributed by atoms with van der Waals surface area (Å²) in [7, 11) is 0. The lowest BCUT2D eigenvalue weighted by Gasteiger charge is -2.03. The van der Waals surface area contributed by atoms with Crippen LogP contribution in [0.2, 0.25) is 5.02 Å². The maximum absolute atomic E-state index is 10.5. The summed E-state index contributed by atoms with van der Waals surface area (Å²) in [5.41, 5.74) is 3.07. The predicted molar refractivity (Wildman–Crippen MR) is 69.7 cm³/mol. The lowest BCUT2D eigenvalue weighted by molar-refractivity contribution is -0.137. The number of hydrogen-bond donors (Lipinski definition) is 1. The number of aromatic nitrogens is 2. The average Bonchev–Trinajstić information content (AvgIpc) is 2.78. The van der Waals surface area contributed by atoms with Crippen LogP contribution in [0, 0.1) is 6.92 Å². The van der Waals surface area contributed by atoms with Gasteiger partial charge in [-0.25, -0.2) is 0 Å². The van der Waals surface area contributed by atoms with Crippen LogP contribution in [-0.4, -0.2) is 20.9 Å². The van der Waals surface area contributed by atoms with Gasteiger partial charge in [-0.1, -0.05) is 17.7 Å². The van der Waals surface area contributed by atoms with E-state index >= 15 is 0 Å². The third kappa shape index (κ3) is 2.90. The first-order valence-corrected chi connectivity index (χ1v) is 5.95. The van der Waals surface area contributed by atoms with Gasteiger partial charge in [-0.2, -0.15) is 5.10 Å². The summed E-state index contributed by atoms with van der Waals surface area (Å²) in [6.45, 7) is 2.37. The van der Waals surface area contributed by atoms with Crippen LogP contribution in [0.15, 0.2) is 30.6 Å². The summed E-state index contributed by atoms with van der Waals surface area (Å²) < 4.78 is 1.63. The third-order valence-corrected chi connectivity index (χ3v) is 2.93. The van der Waals surface area contributed by atoms with E-state index in [4.69, 9.17) is 16.7 Å². The van der Waals surface area contributed by atoms with Crippen molar-refractivity contribution < 1.29 is 9.90 Å². The number of halogens is 1. The Morgan fingerprint density at radius 2 is 2.28 bits per heavy atom. The van der Waals surface area contributed by atoms with Gasteiger partial charge in [0.25, 0.3) is 0 Å². The highest BCUT2D eigenvalue weighted by Crippen LogP contribution is 2.26. The first-order chi connectivity index (χ1) is 8.56. The Balaban J connectivity index is 2.23. The van der Waals surface area contributed by atoms with Gasteiger partial charge in [0, 0.05) is 16.8 Å². The third-order valence-electron chi connectivity index (χ3n) is 2.70. The van der Waals surface area contributed by atoms with Crippen molar-refractivity contribution >= 4 is 17.6 Å². The fraction of sp³-hybridized carbons (Fsp3) is 0.231. The molecule has 0 saturated carbocycles. The lowest BCUT2D eigenvalue weighted by Crippen LogP contribution is -2.04. The Hall–Kier alpha value is -1.81. The molecule has 0 spiro atoms. The first-order valence-electron chi connectivity index (χ1n) is 5.57. The van der Waals surface area contributed by atoms with Crippen molar-refractivity contribution in [2.24, 2.45) is 0 Å². The highest BCUT2D eigenvalue weighted by molar-refractivity contribution is 6.30. The number of aliphatic carboxylic acids is 1. The number of carbonyl (C=O) groups is 1. The lowest BCUT2D eigenvalue weighted by atomic mass is 10.0. The SMILES string of the molecule is Cc1ccc(Cl)cc1-c1cnn(CCC(=O)O)c1. The van der Waals surface area contributed by atoms with Crippen molar-refractivity contribution in [3.05, 3.63) is 41.2 Å². The van der Waals surface area contributed by atoms with Crippen molar-refractivity contribution in [1.82, 2.24) is 9.78 Å². The van der Waals surface area contributed by atoms with Gasteiger partial charge in [0.1, 0.15) is 0 Å². The number of hydrogen-bond acceptors (Lipinski definition) is 2. The zero-order chi connectivity index (χ0) is 13.1. The molecule has 18 heavy (non-hydrogen) atoms. The second-order valence-electron chi connectivity index (χ2n) is 4.10. The van der Waals surface area contributed by atoms with Crippen molar-refractivity contribution in [1.29, 1.82) is 0 Å². The van der Waals surface area contributed by atoms with Crippen LogP contribution >= 0.6 is 11.6 Å². The highest BCUT2D eigenvalue weighted by Gasteiger charge is 2.06. The molecule has 0 atom stereocenters. The van der Waals surface area contributed by atoms with Crippen LogP contribution < -0.4 is 0 Å². The van der Waals surface area contributed by atoms with Gasteiger partial charge >= 0.3 is 5.97 Å². The number of aryl methyl sites for hydroxylation is 2. The Morgan fingerprint density at radius 1 is 1.50 bits per heavy atom. The molecule has 1 heterocycles. The summed E-state index contributed by atoms with van der Waals surface area (Å²) in [4.78, 5) is 10.5. The topological polar surface area (TPSA) is 55.1 Å². The molecule has 2 rings (SSSR count). The van der Waals surface area contributed by atoms with Crippen molar-refractivity contribution in [2.75, 3.05) is 0 Å². The van der Waals surface area contributed by atoms with E-state index in [9.17, 15) is 4.79 Å². The number of rotatable bonds is 4. The fourth-order valence-electron chi connectivity index (χ4n) is 1.74. The Kier molecular flexibility index (Phi) is 3.67. The molecule has 1 aromatic heterocycles. The standard InChI is InChI=1S/C13H13ClN2O2/c1-9-2-3-11(14)6-12(9)10-7-15-16(8-10)5-4-13(17)18/h2-3,6-8H,4-5H2,1H3,(H,17,18). The molecule has 0 aliphatic carbocycles. The Morgan fingerprint density at radius 3 is 3.00 bits per heavy atom. The summed E-state index contributed by atoms with van der Waals surface area (Å²) >= 11 is 5.97. The van der Waals surface area contributed by atoms with Crippen LogP contribution in [0.3, 0.4) is 0 Å². The molecule has 2 aromatic rings. The minimum atomic E-state index is -0.828. The van der Waals surface area contributed by atoms with Crippen molar-refractivity contribution in [3.8, 4) is 11.1 Å². The van der Waals surface area contributed by atoms with Crippen molar-refractivity contribution in [2.45, 2.75) is 19.9 Å². The summed E-state index contributed by atoms with van der Waals surface area (Å²) in [5, 5.41) is 13.4. The second-order valence-corrected chi connectivity index (χ2v) is 4.53. The summed E-state index contributed by atoms with van der Waals surface area (Å²) in [6.07, 6.45) is 3.62. The van der Waals surface area contributed by atoms with E-state index in [1.54, 1.807) is 10.9 Å². The van der Waals surface area contributed by atoms with Gasteiger partial charge in [-0.05, 0) is 30.2 Å². The molecule has 94 valence electrons. The molecule has 0 amide bonds. The van der Waals surface area contributed by atoms with E-state index in [1.807, 2.05) is 31.3 Å². The molecule has 0 radical (unpaired) electrons. The van der Waals surface area contributed by atoms with Crippen LogP contribution in [0.25, 0.3) is 11.1 Å². The van der Waals surface area contributed by atoms with E-state index in [-0.39, 0.29) is 6.42 Å². The number of carboxylic acids is 1. The zero-order valence-corrected chi connectivity index (χ0v) is 10.7. The van der Waals surface area contributed by atoms with E-state index in [0.29, 0.717) is 11.6 Å². The molecule has 0 unspecified atom stereocenters. The number of nitrogens with zero attached hydrogens (tertiary/aromatic N) is 2. The smallest absolute Gasteiger partial charge is 0.305 e. The van der Waals surface area contributed by atoms with Gasteiger partial charge in [0.2, 0.25) is 0 Å². The quantitative estimate of drug-likeness (QED) is 0.924. The zero-order valence-electron chi connectivity index (χ0n) is 9.93. The highest BCUT2D eigenvalue weighted by atomic mass is 35.5. The van der Waals surface area contributed by atoms with Gasteiger partial charge in [-0.3, -0.25) is 9.48 Å². The van der Waals surface area contributed by atoms with Crippen LogP contribution in [-0.2, 0) is 11.3 Å². The van der Waals surface area contributed by atoms with Crippen LogP contribution in [0.4, 0.5) is 0 Å². The van der Waals surface area contributed by atoms with Crippen molar-refractivity contribution in [3.63, 3.8) is 0 Å². The normalized spacial score (nSPS) is 10.6. The maximum atomic E-state index is 10.5. The number of benzene rings is 1. The molecule has 0 fully saturated rings. The summed E-state index contributed by atoms with van der Waals surface area (Å²) in [6, 6.07) is 5.68. The Bertz CT molecular complexity index is 578. The van der Waals surface area contributed by atoms with Crippen LogP contribution in [0.5, 0.6) is 0 Å². The van der Waals surface area contributed by atoms with Crippen LogP contribution in [0.1, 0.15) is 12.0 Å². The molecule has 0 saturated heterocycles. The minimum Gasteiger partial charge on any atom is -0.481 e. The second kappa shape index (κ2) is 5.23. The summed E-state index contributed by atoms with van der Waals surface area (Å²) in [5.74, 6) is -0.828. The molecular weight excluding hydrogens is 252 g/mol. The number of carboxylic acid groups (broad SMARTS) is 1. The molecule has 1 aromatic carbocycles. The first kappa shape index (κ1) is 12.6. The largest absolute Gasteiger partial charge is 0.481 e. The molecule has 0 bridgehead atoms. The fourth-order valence-corrected chi connectivity index (χ4v) is 1.91. The molecule has 4 nitrogen and oxygen atoms in total. The molecule has 0 aliphatic heterocycles. The maximum Gasteiger partial charge on any atom is 0.305 e. The predicted octanol–water partition coefficient (Wildman–Crippen LogP) is 2.99. The monoisotopic (exact) mass is 264 g/mol. The van der Waals surface area contributed by atoms with E-state index < -0.39 is 5.97 Å². The average molecular weight is 265 g/mol. The Labute approximate surface area is 110 Å². The van der Waals surface area contributed by atoms with E-state index in [1.165, 1.54) is 0 Å². The van der Waals surface area contributed by atoms with Gasteiger partial charge in [0.15, 0.2) is 0 Å². The van der Waals surface area contributed by atoms with E-state index in [0.717, 1.165) is 16.7 Å². The van der Waals surface area contributed by atoms with Gasteiger partial charge in [0.05, 0.1) is 19.2 Å². The van der Waals surface area contributed by atoms with E-state index in [2.05, 4.69) is 5.10 Å². The van der Waals surface area contributed by atoms with Gasteiger partial charge < -0.3 is 5.11 Å². The van der Waals surface area contributed by atoms with Gasteiger partial charge in [-0.15, -0.1) is 0 Å². The molecule has 1 N–H and O–H groups in total.